The molecule has 4 heteroatoms. The van der Waals surface area contributed by atoms with Crippen LogP contribution in [-0.2, 0) is 0 Å². The Labute approximate surface area is 78.3 Å². The van der Waals surface area contributed by atoms with Crippen LogP contribution in [0.2, 0.25) is 0 Å². The molecule has 0 aliphatic carbocycles. The molecule has 0 bridgehead atoms. The Morgan fingerprint density at radius 2 is 2.00 bits per heavy atom. The van der Waals surface area contributed by atoms with Crippen molar-refractivity contribution in [1.29, 1.82) is 0 Å². The van der Waals surface area contributed by atoms with Gasteiger partial charge < -0.3 is 16.2 Å². The van der Waals surface area contributed by atoms with Crippen molar-refractivity contribution in [3.63, 3.8) is 0 Å². The molecule has 0 amide bonds. The fourth-order valence-corrected chi connectivity index (χ4v) is 0.431. The third-order valence-electron chi connectivity index (χ3n) is 0.833. The van der Waals surface area contributed by atoms with Gasteiger partial charge in [0, 0.05) is 49.3 Å². The molecule has 0 rings (SSSR count). The van der Waals surface area contributed by atoms with E-state index in [1.165, 1.54) is 0 Å². The Kier molecular flexibility index (Phi) is 16.2. The van der Waals surface area contributed by atoms with Crippen LogP contribution in [0, 0.1) is 0 Å². The molecule has 0 saturated carbocycles. The second-order valence-electron chi connectivity index (χ2n) is 1.62. The van der Waals surface area contributed by atoms with Gasteiger partial charge in [0.15, 0.2) is 0 Å². The summed E-state index contributed by atoms with van der Waals surface area (Å²) in [7, 11) is 0. The van der Waals surface area contributed by atoms with Crippen molar-refractivity contribution >= 4 is 29.6 Å². The molecule has 0 aromatic rings. The quantitative estimate of drug-likeness (QED) is 0.324. The van der Waals surface area contributed by atoms with E-state index in [1.54, 1.807) is 0 Å². The Bertz CT molecular complexity index is 39.9. The van der Waals surface area contributed by atoms with Crippen LogP contribution in [0.15, 0.2) is 0 Å². The zero-order valence-electron chi connectivity index (χ0n) is 6.06. The van der Waals surface area contributed by atoms with Crippen LogP contribution in [0.3, 0.4) is 0 Å². The molecule has 3 nitrogen and oxygen atoms in total. The average molecular weight is 141 g/mol. The molecular weight excluding hydrogens is 127 g/mol. The zero-order chi connectivity index (χ0) is 6.24. The van der Waals surface area contributed by atoms with Crippen molar-refractivity contribution in [2.75, 3.05) is 26.2 Å². The number of nitrogens with two attached hydrogens (primary N) is 1. The first-order chi connectivity index (χ1) is 3.91. The van der Waals surface area contributed by atoms with Gasteiger partial charge in [-0.1, -0.05) is 0 Å². The number of nitrogens with one attached hydrogen (secondary N) is 1. The first-order valence-corrected chi connectivity index (χ1v) is 2.93. The third kappa shape index (κ3) is 12.2. The minimum Gasteiger partial charge on any atom is -0.396 e. The molecule has 0 aliphatic rings. The van der Waals surface area contributed by atoms with Gasteiger partial charge >= 0.3 is 0 Å². The number of aliphatic hydroxyl groups excluding tert-OH is 1. The van der Waals surface area contributed by atoms with Crippen molar-refractivity contribution in [1.82, 2.24) is 5.32 Å². The standard InChI is InChI=1S/C5H14N2O.Na/c6-2-4-7-3-1-5-8;/h7-8H,1-6H2;. The minimum atomic E-state index is 0. The average Bonchev–Trinajstić information content (AvgIpc) is 1.81. The summed E-state index contributed by atoms with van der Waals surface area (Å²) in [4.78, 5) is 0. The third-order valence-corrected chi connectivity index (χ3v) is 0.833. The molecular formula is C5H14N2NaO. The van der Waals surface area contributed by atoms with Crippen LogP contribution in [0.4, 0.5) is 0 Å². The second-order valence-corrected chi connectivity index (χ2v) is 1.62. The molecule has 4 N–H and O–H groups in total. The molecule has 0 aromatic heterocycles. The largest absolute Gasteiger partial charge is 0.396 e. The fourth-order valence-electron chi connectivity index (χ4n) is 0.431. The molecule has 1 radical (unpaired) electrons. The molecule has 0 aliphatic heterocycles. The van der Waals surface area contributed by atoms with Crippen LogP contribution in [0.5, 0.6) is 0 Å². The van der Waals surface area contributed by atoms with E-state index in [-0.39, 0.29) is 36.2 Å². The molecule has 0 heterocycles. The Balaban J connectivity index is 0. The maximum absolute atomic E-state index is 8.29. The van der Waals surface area contributed by atoms with E-state index in [4.69, 9.17) is 10.8 Å². The van der Waals surface area contributed by atoms with Crippen molar-refractivity contribution in [2.24, 2.45) is 5.73 Å². The summed E-state index contributed by atoms with van der Waals surface area (Å²) in [5.74, 6) is 0. The maximum Gasteiger partial charge on any atom is 0.0443 e. The van der Waals surface area contributed by atoms with Gasteiger partial charge in [-0.2, -0.15) is 0 Å². The maximum atomic E-state index is 8.29. The van der Waals surface area contributed by atoms with Gasteiger partial charge in [-0.25, -0.2) is 0 Å². The molecule has 51 valence electrons. The van der Waals surface area contributed by atoms with E-state index in [0.717, 1.165) is 19.5 Å². The SMILES string of the molecule is NCCNCCCO.[Na]. The summed E-state index contributed by atoms with van der Waals surface area (Å²) in [5, 5.41) is 11.3. The Morgan fingerprint density at radius 1 is 1.33 bits per heavy atom. The zero-order valence-corrected chi connectivity index (χ0v) is 8.06. The van der Waals surface area contributed by atoms with Gasteiger partial charge in [-0.05, 0) is 13.0 Å². The van der Waals surface area contributed by atoms with Gasteiger partial charge in [0.1, 0.15) is 0 Å². The van der Waals surface area contributed by atoms with E-state index in [0.29, 0.717) is 6.54 Å². The van der Waals surface area contributed by atoms with Gasteiger partial charge in [0.05, 0.1) is 0 Å². The van der Waals surface area contributed by atoms with Crippen molar-refractivity contribution in [3.8, 4) is 0 Å². The number of hydrogen-bond acceptors (Lipinski definition) is 3. The summed E-state index contributed by atoms with van der Waals surface area (Å²) < 4.78 is 0. The summed E-state index contributed by atoms with van der Waals surface area (Å²) in [6, 6.07) is 0. The van der Waals surface area contributed by atoms with E-state index in [9.17, 15) is 0 Å². The van der Waals surface area contributed by atoms with Gasteiger partial charge in [0.25, 0.3) is 0 Å². The Hall–Kier alpha value is 0.880. The fraction of sp³-hybridized carbons (Fsp3) is 1.00. The predicted octanol–water partition coefficient (Wildman–Crippen LogP) is -1.46. The predicted molar refractivity (Wildman–Crippen MR) is 39.4 cm³/mol. The molecule has 0 atom stereocenters. The topological polar surface area (TPSA) is 58.3 Å². The van der Waals surface area contributed by atoms with Crippen molar-refractivity contribution < 1.29 is 5.11 Å². The summed E-state index contributed by atoms with van der Waals surface area (Å²) >= 11 is 0. The van der Waals surface area contributed by atoms with E-state index in [1.807, 2.05) is 0 Å². The molecule has 0 unspecified atom stereocenters. The molecule has 9 heavy (non-hydrogen) atoms. The first-order valence-electron chi connectivity index (χ1n) is 2.93. The summed E-state index contributed by atoms with van der Waals surface area (Å²) in [6.07, 6.45) is 0.819. The number of aliphatic hydroxyl groups is 1. The number of hydrogen-bond donors (Lipinski definition) is 3. The smallest absolute Gasteiger partial charge is 0.0443 e. The van der Waals surface area contributed by atoms with Crippen LogP contribution in [0.1, 0.15) is 6.42 Å². The van der Waals surface area contributed by atoms with E-state index >= 15 is 0 Å². The van der Waals surface area contributed by atoms with Gasteiger partial charge in [-0.3, -0.25) is 0 Å². The normalized spacial score (nSPS) is 8.67. The van der Waals surface area contributed by atoms with Crippen LogP contribution < -0.4 is 11.1 Å². The van der Waals surface area contributed by atoms with Gasteiger partial charge in [-0.15, -0.1) is 0 Å². The first kappa shape index (κ1) is 12.5. The van der Waals surface area contributed by atoms with E-state index in [2.05, 4.69) is 5.32 Å². The minimum absolute atomic E-state index is 0. The van der Waals surface area contributed by atoms with Crippen LogP contribution >= 0.6 is 0 Å². The summed E-state index contributed by atoms with van der Waals surface area (Å²) in [5.41, 5.74) is 5.19. The van der Waals surface area contributed by atoms with Crippen molar-refractivity contribution in [3.05, 3.63) is 0 Å². The molecule has 0 saturated heterocycles. The monoisotopic (exact) mass is 141 g/mol. The summed E-state index contributed by atoms with van der Waals surface area (Å²) in [6.45, 7) is 2.65. The van der Waals surface area contributed by atoms with Crippen LogP contribution in [-0.4, -0.2) is 60.9 Å². The van der Waals surface area contributed by atoms with Crippen molar-refractivity contribution in [2.45, 2.75) is 6.42 Å². The Morgan fingerprint density at radius 3 is 2.44 bits per heavy atom. The second kappa shape index (κ2) is 11.6. The molecule has 0 spiro atoms. The molecule has 0 aromatic carbocycles. The van der Waals surface area contributed by atoms with Crippen LogP contribution in [0.25, 0.3) is 0 Å². The van der Waals surface area contributed by atoms with Gasteiger partial charge in [0.2, 0.25) is 0 Å². The van der Waals surface area contributed by atoms with E-state index < -0.39 is 0 Å². The molecule has 0 fully saturated rings. The number of rotatable bonds is 5.